The molecule has 0 bridgehead atoms. The number of nitrogens with zero attached hydrogens (tertiary/aromatic N) is 4. The molecule has 3 heterocycles. The molecule has 0 unspecified atom stereocenters. The van der Waals surface area contributed by atoms with Crippen molar-refractivity contribution >= 4 is 11.9 Å². The molecule has 0 spiro atoms. The maximum Gasteiger partial charge on any atom is 0.419 e. The van der Waals surface area contributed by atoms with Crippen molar-refractivity contribution in [1.82, 2.24) is 24.8 Å². The average Bonchev–Trinajstić information content (AvgIpc) is 3.58. The Bertz CT molecular complexity index is 1090. The Morgan fingerprint density at radius 1 is 1.06 bits per heavy atom. The van der Waals surface area contributed by atoms with E-state index in [2.05, 4.69) is 20.3 Å². The van der Waals surface area contributed by atoms with Gasteiger partial charge in [-0.1, -0.05) is 31.4 Å². The number of hydrogen-bond donors (Lipinski definition) is 1. The first-order chi connectivity index (χ1) is 17.3. The molecule has 36 heavy (non-hydrogen) atoms. The topological polar surface area (TPSA) is 62.5 Å². The van der Waals surface area contributed by atoms with Crippen LogP contribution < -0.4 is 5.32 Å². The van der Waals surface area contributed by atoms with E-state index in [4.69, 9.17) is 0 Å². The van der Waals surface area contributed by atoms with E-state index in [1.54, 1.807) is 29.9 Å². The number of nitrogens with one attached hydrogen (secondary N) is 1. The van der Waals surface area contributed by atoms with Gasteiger partial charge >= 0.3 is 6.18 Å². The highest BCUT2D eigenvalue weighted by Gasteiger charge is 2.34. The SMILES string of the molecule is C1CCC(N2CCCC2)CC1.CNCc1cccc(C(F)(F)F)c1F.O=Cc1ccc2ncnn2c1. The van der Waals surface area contributed by atoms with E-state index in [-0.39, 0.29) is 12.1 Å². The Hall–Kier alpha value is -2.85. The maximum atomic E-state index is 13.2. The van der Waals surface area contributed by atoms with Crippen LogP contribution >= 0.6 is 0 Å². The van der Waals surface area contributed by atoms with Crippen molar-refractivity contribution in [2.45, 2.75) is 63.7 Å². The number of alkyl halides is 3. The summed E-state index contributed by atoms with van der Waals surface area (Å²) in [6.07, 6.45) is 9.58. The number of carbonyl (C=O) groups is 1. The molecular weight excluding hydrogens is 474 g/mol. The quantitative estimate of drug-likeness (QED) is 0.372. The summed E-state index contributed by atoms with van der Waals surface area (Å²) >= 11 is 0. The van der Waals surface area contributed by atoms with Crippen molar-refractivity contribution in [2.75, 3.05) is 20.1 Å². The fourth-order valence-corrected chi connectivity index (χ4v) is 4.58. The van der Waals surface area contributed by atoms with Crippen LogP contribution in [0.25, 0.3) is 5.65 Å². The standard InChI is InChI=1S/C10H19N.C9H9F4N.C7H5N3O/c1-2-6-10(7-3-1)11-8-4-5-9-11;1-14-5-6-3-2-4-7(8(6)10)9(11,12)13;11-4-6-1-2-7-8-5-9-10(7)3-6/h10H,1-9H2;2-4,14H,5H2,1H3;1-5H. The number of fused-ring (bicyclic) bond motifs is 1. The molecule has 5 rings (SSSR count). The van der Waals surface area contributed by atoms with E-state index in [9.17, 15) is 22.4 Å². The maximum absolute atomic E-state index is 13.2. The van der Waals surface area contributed by atoms with E-state index in [1.165, 1.54) is 76.5 Å². The van der Waals surface area contributed by atoms with Crippen molar-refractivity contribution < 1.29 is 22.4 Å². The summed E-state index contributed by atoms with van der Waals surface area (Å²) in [6, 6.07) is 7.67. The Kier molecular flexibility index (Phi) is 10.4. The molecule has 0 amide bonds. The largest absolute Gasteiger partial charge is 0.419 e. The van der Waals surface area contributed by atoms with Gasteiger partial charge < -0.3 is 10.2 Å². The van der Waals surface area contributed by atoms with Gasteiger partial charge in [0.05, 0.1) is 5.56 Å². The minimum Gasteiger partial charge on any atom is -0.316 e. The fourth-order valence-electron chi connectivity index (χ4n) is 4.58. The number of likely N-dealkylation sites (tertiary alicyclic amines) is 1. The van der Waals surface area contributed by atoms with Crippen LogP contribution in [-0.2, 0) is 12.7 Å². The highest BCUT2D eigenvalue weighted by Crippen LogP contribution is 2.32. The summed E-state index contributed by atoms with van der Waals surface area (Å²) in [5.41, 5.74) is 0.145. The van der Waals surface area contributed by atoms with Gasteiger partial charge in [0.1, 0.15) is 12.1 Å². The number of rotatable bonds is 4. The first-order valence-corrected chi connectivity index (χ1v) is 12.3. The van der Waals surface area contributed by atoms with Crippen LogP contribution in [0.1, 0.15) is 66.4 Å². The van der Waals surface area contributed by atoms with Crippen LogP contribution in [0.15, 0.2) is 42.9 Å². The summed E-state index contributed by atoms with van der Waals surface area (Å²) in [6.45, 7) is 2.87. The predicted molar refractivity (Wildman–Crippen MR) is 130 cm³/mol. The van der Waals surface area contributed by atoms with Crippen LogP contribution in [0, 0.1) is 5.82 Å². The summed E-state index contributed by atoms with van der Waals surface area (Å²) in [4.78, 5) is 17.0. The molecule has 0 atom stereocenters. The number of hydrogen-bond acceptors (Lipinski definition) is 5. The van der Waals surface area contributed by atoms with Gasteiger partial charge in [-0.25, -0.2) is 13.9 Å². The van der Waals surface area contributed by atoms with Crippen molar-refractivity contribution in [1.29, 1.82) is 0 Å². The molecule has 2 fully saturated rings. The zero-order valence-corrected chi connectivity index (χ0v) is 20.5. The second kappa shape index (κ2) is 13.5. The summed E-state index contributed by atoms with van der Waals surface area (Å²) < 4.78 is 51.4. The molecule has 1 saturated heterocycles. The van der Waals surface area contributed by atoms with E-state index in [1.807, 2.05) is 0 Å². The number of carbonyl (C=O) groups excluding carboxylic acids is 1. The van der Waals surface area contributed by atoms with Gasteiger partial charge in [-0.2, -0.15) is 18.3 Å². The summed E-state index contributed by atoms with van der Waals surface area (Å²) in [5, 5.41) is 6.47. The third-order valence-electron chi connectivity index (χ3n) is 6.42. The lowest BCUT2D eigenvalue weighted by Gasteiger charge is -2.30. The molecule has 196 valence electrons. The summed E-state index contributed by atoms with van der Waals surface area (Å²) in [5.74, 6) is -1.20. The molecule has 1 aromatic carbocycles. The van der Waals surface area contributed by atoms with Gasteiger partial charge in [0.15, 0.2) is 11.9 Å². The van der Waals surface area contributed by atoms with Gasteiger partial charge in [0.2, 0.25) is 0 Å². The van der Waals surface area contributed by atoms with E-state index >= 15 is 0 Å². The van der Waals surface area contributed by atoms with Crippen LogP contribution in [-0.4, -0.2) is 52.0 Å². The van der Waals surface area contributed by atoms with Gasteiger partial charge in [0.25, 0.3) is 0 Å². The number of aromatic nitrogens is 3. The minimum atomic E-state index is -4.63. The third kappa shape index (κ3) is 7.83. The predicted octanol–water partition coefficient (Wildman–Crippen LogP) is 5.52. The Morgan fingerprint density at radius 3 is 2.42 bits per heavy atom. The van der Waals surface area contributed by atoms with Crippen molar-refractivity contribution in [3.05, 3.63) is 65.4 Å². The third-order valence-corrected chi connectivity index (χ3v) is 6.42. The van der Waals surface area contributed by atoms with Crippen molar-refractivity contribution in [2.24, 2.45) is 0 Å². The molecule has 1 aliphatic heterocycles. The van der Waals surface area contributed by atoms with E-state index in [0.717, 1.165) is 24.0 Å². The smallest absolute Gasteiger partial charge is 0.316 e. The normalized spacial score (nSPS) is 16.7. The van der Waals surface area contributed by atoms with Gasteiger partial charge in [-0.05, 0) is 64.0 Å². The molecular formula is C26H33F4N5O. The monoisotopic (exact) mass is 507 g/mol. The van der Waals surface area contributed by atoms with Gasteiger partial charge in [0, 0.05) is 29.9 Å². The van der Waals surface area contributed by atoms with Crippen LogP contribution in [0.4, 0.5) is 17.6 Å². The van der Waals surface area contributed by atoms with Crippen molar-refractivity contribution in [3.8, 4) is 0 Å². The van der Waals surface area contributed by atoms with Crippen LogP contribution in [0.5, 0.6) is 0 Å². The van der Waals surface area contributed by atoms with Crippen LogP contribution in [0.3, 0.4) is 0 Å². The lowest BCUT2D eigenvalue weighted by atomic mass is 9.94. The van der Waals surface area contributed by atoms with E-state index < -0.39 is 17.6 Å². The molecule has 3 aromatic rings. The molecule has 10 heteroatoms. The molecule has 6 nitrogen and oxygen atoms in total. The summed E-state index contributed by atoms with van der Waals surface area (Å²) in [7, 11) is 1.54. The lowest BCUT2D eigenvalue weighted by molar-refractivity contribution is -0.140. The molecule has 1 N–H and O–H groups in total. The number of aldehydes is 1. The fraction of sp³-hybridized carbons (Fsp3) is 0.500. The zero-order valence-electron chi connectivity index (χ0n) is 20.5. The molecule has 2 aliphatic rings. The highest BCUT2D eigenvalue weighted by molar-refractivity contribution is 5.74. The molecule has 1 aliphatic carbocycles. The second-order valence-corrected chi connectivity index (χ2v) is 8.98. The average molecular weight is 508 g/mol. The van der Waals surface area contributed by atoms with Crippen molar-refractivity contribution in [3.63, 3.8) is 0 Å². The van der Waals surface area contributed by atoms with E-state index in [0.29, 0.717) is 5.56 Å². The Morgan fingerprint density at radius 2 is 1.78 bits per heavy atom. The van der Waals surface area contributed by atoms with Gasteiger partial charge in [-0.3, -0.25) is 4.79 Å². The lowest BCUT2D eigenvalue weighted by Crippen LogP contribution is -2.34. The first-order valence-electron chi connectivity index (χ1n) is 12.3. The Labute approximate surface area is 208 Å². The minimum absolute atomic E-state index is 0.0160. The first kappa shape index (κ1) is 27.7. The molecule has 0 radical (unpaired) electrons. The molecule has 1 saturated carbocycles. The highest BCUT2D eigenvalue weighted by atomic mass is 19.4. The number of benzene rings is 1. The second-order valence-electron chi connectivity index (χ2n) is 8.98. The van der Waals surface area contributed by atoms with Crippen LogP contribution in [0.2, 0.25) is 0 Å². The molecule has 2 aromatic heterocycles. The number of pyridine rings is 1. The number of halogens is 4. The zero-order chi connectivity index (χ0) is 26.0. The Balaban J connectivity index is 0.000000152. The van der Waals surface area contributed by atoms with Gasteiger partial charge in [-0.15, -0.1) is 0 Å².